The Bertz CT molecular complexity index is 397. The van der Waals surface area contributed by atoms with E-state index in [9.17, 15) is 0 Å². The van der Waals surface area contributed by atoms with Crippen molar-refractivity contribution in [2.45, 2.75) is 0 Å². The smallest absolute Gasteiger partial charge is 0.155 e. The van der Waals surface area contributed by atoms with E-state index < -0.39 is 0 Å². The summed E-state index contributed by atoms with van der Waals surface area (Å²) in [6.45, 7) is 0. The summed E-state index contributed by atoms with van der Waals surface area (Å²) in [6, 6.07) is 3.44. The van der Waals surface area contributed by atoms with Crippen LogP contribution in [0.1, 0.15) is 5.69 Å². The van der Waals surface area contributed by atoms with Gasteiger partial charge in [-0.1, -0.05) is 0 Å². The lowest BCUT2D eigenvalue weighted by atomic mass is 10.4. The number of rotatable bonds is 1. The van der Waals surface area contributed by atoms with Crippen LogP contribution in [0.15, 0.2) is 24.5 Å². The van der Waals surface area contributed by atoms with Crippen molar-refractivity contribution in [3.63, 3.8) is 0 Å². The van der Waals surface area contributed by atoms with Crippen LogP contribution >= 0.6 is 0 Å². The second kappa shape index (κ2) is 2.30. The van der Waals surface area contributed by atoms with Crippen LogP contribution in [0.2, 0.25) is 0 Å². The molecule has 0 aliphatic carbocycles. The lowest BCUT2D eigenvalue weighted by Crippen LogP contribution is -2.11. The molecule has 0 atom stereocenters. The molecule has 2 rings (SSSR count). The molecule has 0 saturated carbocycles. The van der Waals surface area contributed by atoms with Gasteiger partial charge in [0.1, 0.15) is 11.5 Å². The molecule has 0 bridgehead atoms. The molecule has 0 amide bonds. The minimum atomic E-state index is -0.0412. The van der Waals surface area contributed by atoms with Gasteiger partial charge in [0.25, 0.3) is 0 Å². The zero-order valence-corrected chi connectivity index (χ0v) is 6.23. The summed E-state index contributed by atoms with van der Waals surface area (Å²) in [5, 5.41) is 11.2. The SMILES string of the molecule is N=C(N)c1cc2ncccn2n1. The van der Waals surface area contributed by atoms with Gasteiger partial charge in [0.2, 0.25) is 0 Å². The molecule has 12 heavy (non-hydrogen) atoms. The van der Waals surface area contributed by atoms with E-state index in [-0.39, 0.29) is 5.84 Å². The first-order valence-electron chi connectivity index (χ1n) is 3.42. The maximum Gasteiger partial charge on any atom is 0.155 e. The Balaban J connectivity index is 2.70. The molecule has 0 aromatic carbocycles. The molecule has 2 aromatic heterocycles. The van der Waals surface area contributed by atoms with Gasteiger partial charge in [-0.3, -0.25) is 5.41 Å². The minimum Gasteiger partial charge on any atom is -0.382 e. The largest absolute Gasteiger partial charge is 0.382 e. The van der Waals surface area contributed by atoms with Crippen molar-refractivity contribution < 1.29 is 0 Å². The number of aromatic nitrogens is 3. The first-order valence-corrected chi connectivity index (χ1v) is 3.42. The van der Waals surface area contributed by atoms with Gasteiger partial charge in [-0.2, -0.15) is 5.10 Å². The number of nitrogens with one attached hydrogen (secondary N) is 1. The molecule has 2 aromatic rings. The fourth-order valence-electron chi connectivity index (χ4n) is 0.962. The molecule has 5 heteroatoms. The van der Waals surface area contributed by atoms with Crippen LogP contribution in [-0.2, 0) is 0 Å². The van der Waals surface area contributed by atoms with Gasteiger partial charge < -0.3 is 5.73 Å². The van der Waals surface area contributed by atoms with Crippen molar-refractivity contribution in [3.05, 3.63) is 30.2 Å². The third kappa shape index (κ3) is 0.914. The predicted octanol–water partition coefficient (Wildman–Crippen LogP) is 0.0134. The van der Waals surface area contributed by atoms with Gasteiger partial charge >= 0.3 is 0 Å². The van der Waals surface area contributed by atoms with Gasteiger partial charge in [0.05, 0.1) is 0 Å². The van der Waals surface area contributed by atoms with Crippen LogP contribution in [0.4, 0.5) is 0 Å². The maximum absolute atomic E-state index is 7.14. The lowest BCUT2D eigenvalue weighted by Gasteiger charge is -1.87. The lowest BCUT2D eigenvalue weighted by molar-refractivity contribution is 0.931. The number of nitrogens with two attached hydrogens (primary N) is 1. The second-order valence-corrected chi connectivity index (χ2v) is 2.37. The van der Waals surface area contributed by atoms with Crippen LogP contribution in [0.5, 0.6) is 0 Å². The summed E-state index contributed by atoms with van der Waals surface area (Å²) < 4.78 is 1.58. The van der Waals surface area contributed by atoms with E-state index >= 15 is 0 Å². The molecule has 0 aliphatic heterocycles. The fourth-order valence-corrected chi connectivity index (χ4v) is 0.962. The molecule has 0 aliphatic rings. The van der Waals surface area contributed by atoms with Crippen molar-refractivity contribution in [1.29, 1.82) is 5.41 Å². The van der Waals surface area contributed by atoms with Crippen LogP contribution < -0.4 is 5.73 Å². The topological polar surface area (TPSA) is 80.1 Å². The average Bonchev–Trinajstić information content (AvgIpc) is 2.46. The molecule has 0 spiro atoms. The fraction of sp³-hybridized carbons (Fsp3) is 0. The van der Waals surface area contributed by atoms with Gasteiger partial charge in [-0.05, 0) is 6.07 Å². The van der Waals surface area contributed by atoms with E-state index in [1.165, 1.54) is 0 Å². The number of fused-ring (bicyclic) bond motifs is 1. The summed E-state index contributed by atoms with van der Waals surface area (Å²) in [6.07, 6.45) is 3.43. The molecular formula is C7H7N5. The highest BCUT2D eigenvalue weighted by Crippen LogP contribution is 2.00. The van der Waals surface area contributed by atoms with Crippen LogP contribution in [-0.4, -0.2) is 20.4 Å². The van der Waals surface area contributed by atoms with Crippen molar-refractivity contribution in [2.75, 3.05) is 0 Å². The van der Waals surface area contributed by atoms with E-state index in [1.54, 1.807) is 29.0 Å². The molecular weight excluding hydrogens is 154 g/mol. The summed E-state index contributed by atoms with van der Waals surface area (Å²) in [7, 11) is 0. The zero-order valence-electron chi connectivity index (χ0n) is 6.23. The molecule has 60 valence electrons. The summed E-state index contributed by atoms with van der Waals surface area (Å²) >= 11 is 0. The first-order chi connectivity index (χ1) is 5.77. The van der Waals surface area contributed by atoms with E-state index in [0.29, 0.717) is 11.3 Å². The van der Waals surface area contributed by atoms with E-state index in [1.807, 2.05) is 0 Å². The Kier molecular flexibility index (Phi) is 1.30. The average molecular weight is 161 g/mol. The number of amidine groups is 1. The highest BCUT2D eigenvalue weighted by atomic mass is 15.2. The van der Waals surface area contributed by atoms with Crippen LogP contribution in [0.3, 0.4) is 0 Å². The number of hydrogen-bond donors (Lipinski definition) is 2. The Hall–Kier alpha value is -1.91. The van der Waals surface area contributed by atoms with Gasteiger partial charge in [-0.15, -0.1) is 0 Å². The standard InChI is InChI=1S/C7H7N5/c8-7(9)5-4-6-10-2-1-3-12(6)11-5/h1-4H,(H3,8,9). The summed E-state index contributed by atoms with van der Waals surface area (Å²) in [5.41, 5.74) is 6.41. The Morgan fingerprint density at radius 3 is 3.08 bits per heavy atom. The molecule has 0 radical (unpaired) electrons. The summed E-state index contributed by atoms with van der Waals surface area (Å²) in [4.78, 5) is 4.03. The maximum atomic E-state index is 7.14. The van der Waals surface area contributed by atoms with Gasteiger partial charge in [-0.25, -0.2) is 9.50 Å². The van der Waals surface area contributed by atoms with Crippen molar-refractivity contribution in [2.24, 2.45) is 5.73 Å². The van der Waals surface area contributed by atoms with Gasteiger partial charge in [0.15, 0.2) is 5.65 Å². The van der Waals surface area contributed by atoms with Crippen molar-refractivity contribution in [1.82, 2.24) is 14.6 Å². The van der Waals surface area contributed by atoms with E-state index in [0.717, 1.165) is 0 Å². The molecule has 2 heterocycles. The Morgan fingerprint density at radius 2 is 2.42 bits per heavy atom. The highest BCUT2D eigenvalue weighted by Gasteiger charge is 2.02. The van der Waals surface area contributed by atoms with Gasteiger partial charge in [0, 0.05) is 18.5 Å². The normalized spacial score (nSPS) is 10.3. The van der Waals surface area contributed by atoms with E-state index in [4.69, 9.17) is 11.1 Å². The molecule has 0 unspecified atom stereocenters. The van der Waals surface area contributed by atoms with E-state index in [2.05, 4.69) is 10.1 Å². The molecule has 0 fully saturated rings. The molecule has 3 N–H and O–H groups in total. The summed E-state index contributed by atoms with van der Waals surface area (Å²) in [5.74, 6) is -0.0412. The molecule has 0 saturated heterocycles. The Morgan fingerprint density at radius 1 is 1.58 bits per heavy atom. The number of nitrogens with zero attached hydrogens (tertiary/aromatic N) is 3. The number of hydrogen-bond acceptors (Lipinski definition) is 3. The van der Waals surface area contributed by atoms with Crippen LogP contribution in [0, 0.1) is 5.41 Å². The second-order valence-electron chi connectivity index (χ2n) is 2.37. The quantitative estimate of drug-likeness (QED) is 0.456. The first kappa shape index (κ1) is 6.78. The third-order valence-electron chi connectivity index (χ3n) is 1.51. The molecule has 5 nitrogen and oxygen atoms in total. The van der Waals surface area contributed by atoms with Crippen LogP contribution in [0.25, 0.3) is 5.65 Å². The third-order valence-corrected chi connectivity index (χ3v) is 1.51. The van der Waals surface area contributed by atoms with Crippen molar-refractivity contribution >= 4 is 11.5 Å². The highest BCUT2D eigenvalue weighted by molar-refractivity contribution is 5.93. The Labute approximate surface area is 68.3 Å². The monoisotopic (exact) mass is 161 g/mol. The zero-order chi connectivity index (χ0) is 8.55. The number of nitrogen functional groups attached to an aromatic ring is 1. The predicted molar refractivity (Wildman–Crippen MR) is 44.0 cm³/mol. The van der Waals surface area contributed by atoms with Crippen molar-refractivity contribution in [3.8, 4) is 0 Å². The minimum absolute atomic E-state index is 0.0412.